The van der Waals surface area contributed by atoms with Crippen molar-refractivity contribution in [3.05, 3.63) is 59.2 Å². The van der Waals surface area contributed by atoms with Crippen LogP contribution in [0.3, 0.4) is 0 Å². The van der Waals surface area contributed by atoms with E-state index in [1.165, 1.54) is 6.20 Å². The molecule has 0 bridgehead atoms. The zero-order valence-corrected chi connectivity index (χ0v) is 10.9. The lowest BCUT2D eigenvalue weighted by Crippen LogP contribution is -2.05. The minimum atomic E-state index is -3.08. The molecule has 0 aliphatic carbocycles. The summed E-state index contributed by atoms with van der Waals surface area (Å²) >= 11 is 0. The summed E-state index contributed by atoms with van der Waals surface area (Å²) in [5, 5.41) is 8.91. The quantitative estimate of drug-likeness (QED) is 0.886. The molecule has 0 saturated carbocycles. The highest BCUT2D eigenvalue weighted by atomic mass is 19.3. The lowest BCUT2D eigenvalue weighted by Gasteiger charge is -2.07. The second-order valence-electron chi connectivity index (χ2n) is 4.04. The zero-order chi connectivity index (χ0) is 16.1. The van der Waals surface area contributed by atoms with E-state index in [0.717, 1.165) is 30.5 Å². The highest BCUT2D eigenvalue weighted by Gasteiger charge is 2.11. The number of carbonyl (C=O) groups is 1. The van der Waals surface area contributed by atoms with E-state index in [4.69, 9.17) is 5.11 Å². The van der Waals surface area contributed by atoms with Gasteiger partial charge in [-0.1, -0.05) is 11.8 Å². The van der Waals surface area contributed by atoms with Gasteiger partial charge in [-0.15, -0.1) is 0 Å². The van der Waals surface area contributed by atoms with Gasteiger partial charge in [-0.2, -0.15) is 8.78 Å². The molecule has 0 aliphatic heterocycles. The molecular weight excluding hydrogens is 299 g/mol. The molecule has 2 rings (SSSR count). The van der Waals surface area contributed by atoms with Crippen LogP contribution >= 0.6 is 0 Å². The lowest BCUT2D eigenvalue weighted by atomic mass is 10.1. The van der Waals surface area contributed by atoms with E-state index in [2.05, 4.69) is 21.6 Å². The van der Waals surface area contributed by atoms with Crippen molar-refractivity contribution in [3.63, 3.8) is 0 Å². The third-order valence-corrected chi connectivity index (χ3v) is 2.49. The van der Waals surface area contributed by atoms with Crippen molar-refractivity contribution in [1.29, 1.82) is 0 Å². The van der Waals surface area contributed by atoms with Gasteiger partial charge in [-0.25, -0.2) is 9.18 Å². The number of aromatic nitrogens is 1. The van der Waals surface area contributed by atoms with Crippen LogP contribution in [0.2, 0.25) is 0 Å². The average molecular weight is 307 g/mol. The van der Waals surface area contributed by atoms with Gasteiger partial charge in [0.25, 0.3) is 0 Å². The van der Waals surface area contributed by atoms with Crippen molar-refractivity contribution in [2.24, 2.45) is 0 Å². The van der Waals surface area contributed by atoms with Crippen molar-refractivity contribution in [2.75, 3.05) is 0 Å². The van der Waals surface area contributed by atoms with Gasteiger partial charge in [-0.3, -0.25) is 4.98 Å². The number of hydrogen-bond acceptors (Lipinski definition) is 3. The Labute approximate surface area is 123 Å². The number of benzene rings is 1. The number of hydrogen-bond donors (Lipinski definition) is 1. The number of ether oxygens (including phenoxy) is 1. The molecule has 112 valence electrons. The van der Waals surface area contributed by atoms with Gasteiger partial charge < -0.3 is 9.84 Å². The number of carboxylic acid groups (broad SMARTS) is 1. The van der Waals surface area contributed by atoms with Crippen molar-refractivity contribution in [3.8, 4) is 17.6 Å². The monoisotopic (exact) mass is 307 g/mol. The topological polar surface area (TPSA) is 59.4 Å². The van der Waals surface area contributed by atoms with E-state index in [1.54, 1.807) is 0 Å². The Balaban J connectivity index is 2.43. The summed E-state index contributed by atoms with van der Waals surface area (Å²) in [6.45, 7) is -3.08. The molecule has 22 heavy (non-hydrogen) atoms. The Bertz CT molecular complexity index is 766. The number of halogens is 3. The van der Waals surface area contributed by atoms with Crippen LogP contribution < -0.4 is 4.74 Å². The summed E-state index contributed by atoms with van der Waals surface area (Å²) in [6.07, 6.45) is 2.27. The van der Waals surface area contributed by atoms with E-state index in [0.29, 0.717) is 0 Å². The van der Waals surface area contributed by atoms with Crippen LogP contribution in [-0.2, 0) is 0 Å². The molecule has 0 aliphatic rings. The van der Waals surface area contributed by atoms with E-state index in [-0.39, 0.29) is 22.4 Å². The molecule has 0 spiro atoms. The minimum Gasteiger partial charge on any atom is -0.478 e. The molecule has 0 unspecified atom stereocenters. The van der Waals surface area contributed by atoms with Crippen molar-refractivity contribution >= 4 is 5.97 Å². The number of nitrogens with zero attached hydrogens (tertiary/aromatic N) is 1. The van der Waals surface area contributed by atoms with Crippen LogP contribution in [0.5, 0.6) is 5.75 Å². The van der Waals surface area contributed by atoms with Crippen LogP contribution in [0, 0.1) is 17.7 Å². The molecular formula is C15H8F3NO3. The van der Waals surface area contributed by atoms with Gasteiger partial charge in [0.1, 0.15) is 11.6 Å². The Morgan fingerprint density at radius 3 is 2.64 bits per heavy atom. The molecule has 0 saturated heterocycles. The number of pyridine rings is 1. The first-order valence-corrected chi connectivity index (χ1v) is 5.90. The minimum absolute atomic E-state index is 0.0514. The van der Waals surface area contributed by atoms with Crippen LogP contribution in [0.15, 0.2) is 36.7 Å². The third kappa shape index (κ3) is 3.99. The molecule has 1 aromatic carbocycles. The number of carboxylic acids is 1. The highest BCUT2D eigenvalue weighted by molar-refractivity contribution is 5.88. The van der Waals surface area contributed by atoms with Gasteiger partial charge in [-0.05, 0) is 24.3 Å². The van der Waals surface area contributed by atoms with E-state index in [9.17, 15) is 18.0 Å². The lowest BCUT2D eigenvalue weighted by molar-refractivity contribution is -0.0500. The number of aromatic carboxylic acids is 1. The predicted molar refractivity (Wildman–Crippen MR) is 70.2 cm³/mol. The fraction of sp³-hybridized carbons (Fsp3) is 0.0667. The van der Waals surface area contributed by atoms with E-state index in [1.807, 2.05) is 0 Å². The average Bonchev–Trinajstić information content (AvgIpc) is 2.45. The van der Waals surface area contributed by atoms with Crippen LogP contribution in [0.1, 0.15) is 21.5 Å². The first-order chi connectivity index (χ1) is 10.5. The summed E-state index contributed by atoms with van der Waals surface area (Å²) in [5.41, 5.74) is 0.0245. The van der Waals surface area contributed by atoms with Crippen molar-refractivity contribution in [1.82, 2.24) is 4.98 Å². The van der Waals surface area contributed by atoms with Crippen molar-refractivity contribution < 1.29 is 27.8 Å². The van der Waals surface area contributed by atoms with E-state index < -0.39 is 18.4 Å². The Hall–Kier alpha value is -3.01. The Morgan fingerprint density at radius 2 is 2.00 bits per heavy atom. The maximum absolute atomic E-state index is 13.0. The molecule has 0 fully saturated rings. The molecule has 2 aromatic rings. The van der Waals surface area contributed by atoms with Crippen LogP contribution in [0.4, 0.5) is 13.2 Å². The van der Waals surface area contributed by atoms with Gasteiger partial charge >= 0.3 is 12.6 Å². The van der Waals surface area contributed by atoms with Crippen LogP contribution in [0.25, 0.3) is 0 Å². The highest BCUT2D eigenvalue weighted by Crippen LogP contribution is 2.21. The molecule has 0 atom stereocenters. The second kappa shape index (κ2) is 6.63. The zero-order valence-electron chi connectivity index (χ0n) is 10.9. The third-order valence-electron chi connectivity index (χ3n) is 2.49. The first kappa shape index (κ1) is 15.4. The fourth-order valence-corrected chi connectivity index (χ4v) is 1.58. The molecule has 0 amide bonds. The standard InChI is InChI=1S/C15H8F3NO3/c16-12-5-9(7-19-8-12)1-2-10-6-11(14(20)21)3-4-13(10)22-15(17)18/h3-8,15H,(H,20,21). The summed E-state index contributed by atoms with van der Waals surface area (Å²) in [6, 6.07) is 4.41. The van der Waals surface area contributed by atoms with Crippen LogP contribution in [-0.4, -0.2) is 22.7 Å². The smallest absolute Gasteiger partial charge is 0.387 e. The summed E-state index contributed by atoms with van der Waals surface area (Å²) in [5.74, 6) is 2.88. The SMILES string of the molecule is O=C(O)c1ccc(OC(F)F)c(C#Cc2cncc(F)c2)c1. The molecule has 0 radical (unpaired) electrons. The first-order valence-electron chi connectivity index (χ1n) is 5.90. The normalized spacial score (nSPS) is 10.0. The Morgan fingerprint density at radius 1 is 1.23 bits per heavy atom. The molecule has 1 aromatic heterocycles. The van der Waals surface area contributed by atoms with Crippen molar-refractivity contribution in [2.45, 2.75) is 6.61 Å². The summed E-state index contributed by atoms with van der Waals surface area (Å²) in [7, 11) is 0. The van der Waals surface area contributed by atoms with Gasteiger partial charge in [0.15, 0.2) is 0 Å². The predicted octanol–water partition coefficient (Wildman–Crippen LogP) is 2.92. The molecule has 1 heterocycles. The summed E-state index contributed by atoms with van der Waals surface area (Å²) in [4.78, 5) is 14.5. The molecule has 7 heteroatoms. The fourth-order valence-electron chi connectivity index (χ4n) is 1.58. The number of rotatable bonds is 3. The Kier molecular flexibility index (Phi) is 4.63. The largest absolute Gasteiger partial charge is 0.478 e. The number of alkyl halides is 2. The second-order valence-corrected chi connectivity index (χ2v) is 4.04. The maximum atomic E-state index is 13.0. The summed E-state index contributed by atoms with van der Waals surface area (Å²) < 4.78 is 41.9. The van der Waals surface area contributed by atoms with Gasteiger partial charge in [0.05, 0.1) is 17.3 Å². The van der Waals surface area contributed by atoms with Gasteiger partial charge in [0, 0.05) is 11.8 Å². The maximum Gasteiger partial charge on any atom is 0.387 e. The van der Waals surface area contributed by atoms with E-state index >= 15 is 0 Å². The molecule has 4 nitrogen and oxygen atoms in total. The van der Waals surface area contributed by atoms with Gasteiger partial charge in [0.2, 0.25) is 0 Å². The molecule has 1 N–H and O–H groups in total.